The van der Waals surface area contributed by atoms with Gasteiger partial charge in [-0.1, -0.05) is 51.1 Å². The maximum atomic E-state index is 3.49. The Balaban J connectivity index is 2.15. The van der Waals surface area contributed by atoms with Crippen molar-refractivity contribution in [1.29, 1.82) is 0 Å². The van der Waals surface area contributed by atoms with Gasteiger partial charge in [0, 0.05) is 5.41 Å². The van der Waals surface area contributed by atoms with Gasteiger partial charge in [0.2, 0.25) is 0 Å². The maximum Gasteiger partial charge on any atom is 0.00200 e. The second kappa shape index (κ2) is 4.58. The zero-order valence-corrected chi connectivity index (χ0v) is 10.7. The lowest BCUT2D eigenvalue weighted by molar-refractivity contribution is 0.430. The molecule has 1 aromatic carbocycles. The highest BCUT2D eigenvalue weighted by Gasteiger charge is 2.56. The Bertz CT molecular complexity index is 331. The van der Waals surface area contributed by atoms with Gasteiger partial charge in [0.15, 0.2) is 0 Å². The highest BCUT2D eigenvalue weighted by atomic mass is 14.9. The van der Waals surface area contributed by atoms with Crippen LogP contribution in [0.1, 0.15) is 32.8 Å². The third-order valence-corrected chi connectivity index (χ3v) is 4.13. The second-order valence-corrected chi connectivity index (χ2v) is 5.27. The Hall–Kier alpha value is -0.820. The first-order valence-electron chi connectivity index (χ1n) is 6.48. The summed E-state index contributed by atoms with van der Waals surface area (Å²) in [6.07, 6.45) is 1.35. The molecule has 0 aromatic heterocycles. The van der Waals surface area contributed by atoms with Crippen LogP contribution < -0.4 is 5.32 Å². The molecule has 0 spiro atoms. The van der Waals surface area contributed by atoms with E-state index in [9.17, 15) is 0 Å². The van der Waals surface area contributed by atoms with Crippen molar-refractivity contribution < 1.29 is 0 Å². The van der Waals surface area contributed by atoms with Gasteiger partial charge >= 0.3 is 0 Å². The van der Waals surface area contributed by atoms with Gasteiger partial charge in [-0.2, -0.15) is 0 Å². The standard InChI is InChI=1S/C15H23N/c1-4-16-11-14-10-15(14,12(2)3)13-8-6-5-7-9-13/h5-9,12,14,16H,4,10-11H2,1-3H3. The molecule has 2 unspecified atom stereocenters. The van der Waals surface area contributed by atoms with E-state index in [2.05, 4.69) is 56.4 Å². The predicted octanol–water partition coefficient (Wildman–Crippen LogP) is 3.21. The Labute approximate surface area is 99.3 Å². The summed E-state index contributed by atoms with van der Waals surface area (Å²) in [7, 11) is 0. The van der Waals surface area contributed by atoms with Gasteiger partial charge in [-0.3, -0.25) is 0 Å². The zero-order valence-electron chi connectivity index (χ0n) is 10.7. The zero-order chi connectivity index (χ0) is 11.6. The van der Waals surface area contributed by atoms with E-state index in [1.54, 1.807) is 0 Å². The first-order chi connectivity index (χ1) is 7.71. The summed E-state index contributed by atoms with van der Waals surface area (Å²) in [4.78, 5) is 0. The molecule has 1 N–H and O–H groups in total. The summed E-state index contributed by atoms with van der Waals surface area (Å²) in [5.74, 6) is 1.56. The van der Waals surface area contributed by atoms with E-state index in [4.69, 9.17) is 0 Å². The van der Waals surface area contributed by atoms with E-state index in [0.29, 0.717) is 5.41 Å². The van der Waals surface area contributed by atoms with Crippen LogP contribution in [0.5, 0.6) is 0 Å². The molecule has 1 aromatic rings. The molecule has 16 heavy (non-hydrogen) atoms. The second-order valence-electron chi connectivity index (χ2n) is 5.27. The molecule has 1 fully saturated rings. The fourth-order valence-corrected chi connectivity index (χ4v) is 3.06. The lowest BCUT2D eigenvalue weighted by Crippen LogP contribution is -2.24. The van der Waals surface area contributed by atoms with E-state index >= 15 is 0 Å². The van der Waals surface area contributed by atoms with Crippen LogP contribution in [0.25, 0.3) is 0 Å². The van der Waals surface area contributed by atoms with Crippen LogP contribution >= 0.6 is 0 Å². The normalized spacial score (nSPS) is 28.4. The van der Waals surface area contributed by atoms with Gasteiger partial charge in [-0.15, -0.1) is 0 Å². The average molecular weight is 217 g/mol. The van der Waals surface area contributed by atoms with Gasteiger partial charge in [-0.05, 0) is 36.9 Å². The molecular weight excluding hydrogens is 194 g/mol. The molecule has 0 radical (unpaired) electrons. The van der Waals surface area contributed by atoms with Gasteiger partial charge < -0.3 is 5.32 Å². The summed E-state index contributed by atoms with van der Waals surface area (Å²) < 4.78 is 0. The molecule has 2 rings (SSSR count). The minimum Gasteiger partial charge on any atom is -0.317 e. The molecule has 0 amide bonds. The monoisotopic (exact) mass is 217 g/mol. The third-order valence-electron chi connectivity index (χ3n) is 4.13. The van der Waals surface area contributed by atoms with Crippen molar-refractivity contribution in [3.05, 3.63) is 35.9 Å². The van der Waals surface area contributed by atoms with Crippen molar-refractivity contribution in [2.45, 2.75) is 32.6 Å². The van der Waals surface area contributed by atoms with Crippen molar-refractivity contribution in [1.82, 2.24) is 5.32 Å². The fraction of sp³-hybridized carbons (Fsp3) is 0.600. The quantitative estimate of drug-likeness (QED) is 0.798. The minimum atomic E-state index is 0.448. The number of rotatable bonds is 5. The smallest absolute Gasteiger partial charge is 0.00200 e. The molecule has 1 heteroatoms. The van der Waals surface area contributed by atoms with Gasteiger partial charge in [-0.25, -0.2) is 0 Å². The summed E-state index contributed by atoms with van der Waals surface area (Å²) in [6, 6.07) is 11.0. The lowest BCUT2D eigenvalue weighted by atomic mass is 9.83. The highest BCUT2D eigenvalue weighted by Crippen LogP contribution is 2.58. The van der Waals surface area contributed by atoms with Crippen molar-refractivity contribution in [3.8, 4) is 0 Å². The Morgan fingerprint density at radius 1 is 1.31 bits per heavy atom. The summed E-state index contributed by atoms with van der Waals surface area (Å²) in [6.45, 7) is 9.16. The van der Waals surface area contributed by atoms with E-state index in [1.807, 2.05) is 0 Å². The summed E-state index contributed by atoms with van der Waals surface area (Å²) in [5, 5.41) is 3.49. The molecule has 0 saturated heterocycles. The van der Waals surface area contributed by atoms with E-state index < -0.39 is 0 Å². The van der Waals surface area contributed by atoms with Crippen LogP contribution in [0, 0.1) is 11.8 Å². The topological polar surface area (TPSA) is 12.0 Å². The Morgan fingerprint density at radius 3 is 2.56 bits per heavy atom. The van der Waals surface area contributed by atoms with Crippen LogP contribution in [0.3, 0.4) is 0 Å². The van der Waals surface area contributed by atoms with E-state index in [0.717, 1.165) is 18.4 Å². The highest BCUT2D eigenvalue weighted by molar-refractivity contribution is 5.34. The number of benzene rings is 1. The minimum absolute atomic E-state index is 0.448. The Kier molecular flexibility index (Phi) is 3.34. The SMILES string of the molecule is CCNCC1CC1(c1ccccc1)C(C)C. The molecule has 0 heterocycles. The van der Waals surface area contributed by atoms with Crippen LogP contribution in [-0.4, -0.2) is 13.1 Å². The van der Waals surface area contributed by atoms with Gasteiger partial charge in [0.25, 0.3) is 0 Å². The van der Waals surface area contributed by atoms with Crippen LogP contribution in [0.4, 0.5) is 0 Å². The predicted molar refractivity (Wildman–Crippen MR) is 69.6 cm³/mol. The van der Waals surface area contributed by atoms with Crippen molar-refractivity contribution in [2.24, 2.45) is 11.8 Å². The summed E-state index contributed by atoms with van der Waals surface area (Å²) in [5.41, 5.74) is 1.98. The molecule has 1 aliphatic rings. The van der Waals surface area contributed by atoms with Crippen LogP contribution in [-0.2, 0) is 5.41 Å². The maximum absolute atomic E-state index is 3.49. The fourth-order valence-electron chi connectivity index (χ4n) is 3.06. The molecular formula is C15H23N. The van der Waals surface area contributed by atoms with Gasteiger partial charge in [0.1, 0.15) is 0 Å². The van der Waals surface area contributed by atoms with E-state index in [-0.39, 0.29) is 0 Å². The van der Waals surface area contributed by atoms with Crippen molar-refractivity contribution >= 4 is 0 Å². The first-order valence-corrected chi connectivity index (χ1v) is 6.48. The molecule has 1 nitrogen and oxygen atoms in total. The van der Waals surface area contributed by atoms with Crippen LogP contribution in [0.15, 0.2) is 30.3 Å². The molecule has 0 bridgehead atoms. The van der Waals surface area contributed by atoms with Crippen molar-refractivity contribution in [2.75, 3.05) is 13.1 Å². The summed E-state index contributed by atoms with van der Waals surface area (Å²) >= 11 is 0. The molecule has 1 aliphatic carbocycles. The number of nitrogens with one attached hydrogen (secondary N) is 1. The lowest BCUT2D eigenvalue weighted by Gasteiger charge is -2.22. The molecule has 2 atom stereocenters. The average Bonchev–Trinajstić information content (AvgIpc) is 3.03. The largest absolute Gasteiger partial charge is 0.317 e. The Morgan fingerprint density at radius 2 is 2.00 bits per heavy atom. The molecule has 88 valence electrons. The molecule has 1 saturated carbocycles. The van der Waals surface area contributed by atoms with Crippen molar-refractivity contribution in [3.63, 3.8) is 0 Å². The first kappa shape index (κ1) is 11.7. The third kappa shape index (κ3) is 1.89. The number of hydrogen-bond acceptors (Lipinski definition) is 1. The van der Waals surface area contributed by atoms with Crippen LogP contribution in [0.2, 0.25) is 0 Å². The molecule has 0 aliphatic heterocycles. The van der Waals surface area contributed by atoms with E-state index in [1.165, 1.54) is 18.5 Å². The number of hydrogen-bond donors (Lipinski definition) is 1. The van der Waals surface area contributed by atoms with Gasteiger partial charge in [0.05, 0.1) is 0 Å².